The van der Waals surface area contributed by atoms with Gasteiger partial charge in [-0.15, -0.1) is 0 Å². The summed E-state index contributed by atoms with van der Waals surface area (Å²) in [5.74, 6) is 0. The van der Waals surface area contributed by atoms with Gasteiger partial charge in [-0.1, -0.05) is 23.7 Å². The second kappa shape index (κ2) is 7.03. The molecule has 1 N–H and O–H groups in total. The van der Waals surface area contributed by atoms with Gasteiger partial charge in [0, 0.05) is 28.7 Å². The zero-order valence-electron chi connectivity index (χ0n) is 12.9. The summed E-state index contributed by atoms with van der Waals surface area (Å²) in [5.41, 5.74) is 3.12. The number of pyridine rings is 1. The number of nitrogens with zero attached hydrogens (tertiary/aromatic N) is 1. The number of benzene rings is 1. The first-order chi connectivity index (χ1) is 11.5. The van der Waals surface area contributed by atoms with Crippen LogP contribution in [0.15, 0.2) is 58.3 Å². The molecule has 0 aliphatic carbocycles. The van der Waals surface area contributed by atoms with Crippen LogP contribution in [-0.4, -0.2) is 13.4 Å². The first-order valence-corrected chi connectivity index (χ1v) is 10.0. The largest absolute Gasteiger partial charge is 0.256 e. The molecule has 0 unspecified atom stereocenters. The molecule has 4 nitrogen and oxygen atoms in total. The van der Waals surface area contributed by atoms with Crippen molar-refractivity contribution >= 4 is 33.0 Å². The molecule has 0 fully saturated rings. The lowest BCUT2D eigenvalue weighted by Gasteiger charge is -2.12. The first-order valence-electron chi connectivity index (χ1n) is 7.20. The highest BCUT2D eigenvalue weighted by Crippen LogP contribution is 2.25. The summed E-state index contributed by atoms with van der Waals surface area (Å²) in [5, 5.41) is 4.38. The van der Waals surface area contributed by atoms with E-state index in [-0.39, 0.29) is 11.4 Å². The normalized spacial score (nSPS) is 11.6. The molecule has 0 bridgehead atoms. The fourth-order valence-corrected chi connectivity index (χ4v) is 4.51. The number of nitrogens with one attached hydrogen (secondary N) is 1. The summed E-state index contributed by atoms with van der Waals surface area (Å²) < 4.78 is 27.8. The number of thiophene rings is 1. The minimum absolute atomic E-state index is 0.160. The monoisotopic (exact) mass is 378 g/mol. The number of sulfonamides is 1. The molecular formula is C17H15ClN2O2S2. The Kier molecular flexibility index (Phi) is 5.01. The van der Waals surface area contributed by atoms with E-state index in [9.17, 15) is 8.42 Å². The Labute approximate surface area is 150 Å². The van der Waals surface area contributed by atoms with E-state index in [1.54, 1.807) is 48.7 Å². The van der Waals surface area contributed by atoms with Gasteiger partial charge in [0.1, 0.15) is 0 Å². The van der Waals surface area contributed by atoms with Crippen molar-refractivity contribution in [3.63, 3.8) is 0 Å². The van der Waals surface area contributed by atoms with E-state index in [0.717, 1.165) is 16.8 Å². The maximum atomic E-state index is 12.6. The fourth-order valence-electron chi connectivity index (χ4n) is 2.37. The average Bonchev–Trinajstić information content (AvgIpc) is 3.10. The molecule has 0 radical (unpaired) electrons. The molecule has 1 aromatic carbocycles. The molecular weight excluding hydrogens is 364 g/mol. The lowest BCUT2D eigenvalue weighted by molar-refractivity contribution is 0.580. The van der Waals surface area contributed by atoms with Crippen LogP contribution in [0.4, 0.5) is 0 Å². The summed E-state index contributed by atoms with van der Waals surface area (Å²) in [7, 11) is -3.66. The van der Waals surface area contributed by atoms with Crippen LogP contribution in [0.1, 0.15) is 11.1 Å². The van der Waals surface area contributed by atoms with Crippen molar-refractivity contribution in [3.8, 4) is 11.3 Å². The minimum Gasteiger partial charge on any atom is -0.256 e. The summed E-state index contributed by atoms with van der Waals surface area (Å²) in [6, 6.07) is 10.5. The van der Waals surface area contributed by atoms with Crippen molar-refractivity contribution in [3.05, 3.63) is 69.5 Å². The van der Waals surface area contributed by atoms with Crippen LogP contribution in [-0.2, 0) is 16.6 Å². The molecule has 124 valence electrons. The van der Waals surface area contributed by atoms with Gasteiger partial charge in [0.25, 0.3) is 0 Å². The molecule has 2 heterocycles. The topological polar surface area (TPSA) is 59.1 Å². The molecule has 0 aliphatic heterocycles. The fraction of sp³-hybridized carbons (Fsp3) is 0.118. The highest BCUT2D eigenvalue weighted by Gasteiger charge is 2.18. The predicted octanol–water partition coefficient (Wildman–Crippen LogP) is 4.25. The zero-order valence-corrected chi connectivity index (χ0v) is 15.3. The van der Waals surface area contributed by atoms with Gasteiger partial charge in [0.15, 0.2) is 0 Å². The van der Waals surface area contributed by atoms with Gasteiger partial charge in [-0.25, -0.2) is 13.1 Å². The van der Waals surface area contributed by atoms with E-state index in [4.69, 9.17) is 11.6 Å². The molecule has 0 saturated carbocycles. The van der Waals surface area contributed by atoms with Crippen LogP contribution >= 0.6 is 22.9 Å². The molecule has 7 heteroatoms. The van der Waals surface area contributed by atoms with Crippen LogP contribution in [0.3, 0.4) is 0 Å². The van der Waals surface area contributed by atoms with Crippen molar-refractivity contribution in [1.82, 2.24) is 9.71 Å². The van der Waals surface area contributed by atoms with Crippen LogP contribution in [0.25, 0.3) is 11.3 Å². The molecule has 0 aliphatic rings. The van der Waals surface area contributed by atoms with Crippen LogP contribution in [0, 0.1) is 6.92 Å². The third-order valence-electron chi connectivity index (χ3n) is 3.65. The van der Waals surface area contributed by atoms with Gasteiger partial charge in [-0.2, -0.15) is 11.3 Å². The van der Waals surface area contributed by atoms with E-state index in [0.29, 0.717) is 10.6 Å². The molecule has 0 saturated heterocycles. The predicted molar refractivity (Wildman–Crippen MR) is 97.8 cm³/mol. The summed E-state index contributed by atoms with van der Waals surface area (Å²) >= 11 is 7.60. The Bertz CT molecular complexity index is 954. The smallest absolute Gasteiger partial charge is 0.241 e. The second-order valence-corrected chi connectivity index (χ2v) is 8.13. The van der Waals surface area contributed by atoms with E-state index in [1.165, 1.54) is 0 Å². The second-order valence-electron chi connectivity index (χ2n) is 5.21. The Balaban J connectivity index is 1.88. The molecule has 0 spiro atoms. The highest BCUT2D eigenvalue weighted by atomic mass is 35.5. The van der Waals surface area contributed by atoms with E-state index >= 15 is 0 Å². The number of aromatic nitrogens is 1. The third kappa shape index (κ3) is 3.52. The van der Waals surface area contributed by atoms with Gasteiger partial charge in [0.05, 0.1) is 10.6 Å². The Morgan fingerprint density at radius 3 is 2.79 bits per heavy atom. The standard InChI is InChI=1S/C17H15ClN2O2S2/c1-12-15(18)5-2-6-16(12)24(21,22)20-10-13-4-3-8-19-17(13)14-7-9-23-11-14/h2-9,11,20H,10H2,1H3. The molecule has 0 atom stereocenters. The quantitative estimate of drug-likeness (QED) is 0.722. The maximum Gasteiger partial charge on any atom is 0.241 e. The SMILES string of the molecule is Cc1c(Cl)cccc1S(=O)(=O)NCc1cccnc1-c1ccsc1. The van der Waals surface area contributed by atoms with E-state index in [2.05, 4.69) is 9.71 Å². The first kappa shape index (κ1) is 17.1. The maximum absolute atomic E-state index is 12.6. The zero-order chi connectivity index (χ0) is 17.2. The Morgan fingerprint density at radius 1 is 1.21 bits per heavy atom. The average molecular weight is 379 g/mol. The van der Waals surface area contributed by atoms with Crippen molar-refractivity contribution in [2.75, 3.05) is 0 Å². The lowest BCUT2D eigenvalue weighted by Crippen LogP contribution is -2.24. The van der Waals surface area contributed by atoms with E-state index in [1.807, 2.05) is 22.9 Å². The molecule has 2 aromatic heterocycles. The number of rotatable bonds is 5. The lowest BCUT2D eigenvalue weighted by atomic mass is 10.1. The van der Waals surface area contributed by atoms with Crippen LogP contribution in [0.5, 0.6) is 0 Å². The summed E-state index contributed by atoms with van der Waals surface area (Å²) in [6.45, 7) is 1.85. The Morgan fingerprint density at radius 2 is 2.04 bits per heavy atom. The van der Waals surface area contributed by atoms with Crippen LogP contribution < -0.4 is 4.72 Å². The Hall–Kier alpha value is -1.73. The number of hydrogen-bond donors (Lipinski definition) is 1. The molecule has 3 aromatic rings. The molecule has 24 heavy (non-hydrogen) atoms. The third-order valence-corrected chi connectivity index (χ3v) is 6.28. The number of halogens is 1. The molecule has 3 rings (SSSR count). The van der Waals surface area contributed by atoms with Crippen molar-refractivity contribution in [2.45, 2.75) is 18.4 Å². The van der Waals surface area contributed by atoms with Crippen molar-refractivity contribution < 1.29 is 8.42 Å². The summed E-state index contributed by atoms with van der Waals surface area (Å²) in [6.07, 6.45) is 1.70. The van der Waals surface area contributed by atoms with Gasteiger partial charge in [-0.05, 0) is 47.7 Å². The van der Waals surface area contributed by atoms with Gasteiger partial charge < -0.3 is 0 Å². The number of hydrogen-bond acceptors (Lipinski definition) is 4. The molecule has 0 amide bonds. The highest BCUT2D eigenvalue weighted by molar-refractivity contribution is 7.89. The van der Waals surface area contributed by atoms with Crippen molar-refractivity contribution in [2.24, 2.45) is 0 Å². The van der Waals surface area contributed by atoms with Crippen molar-refractivity contribution in [1.29, 1.82) is 0 Å². The van der Waals surface area contributed by atoms with Crippen LogP contribution in [0.2, 0.25) is 5.02 Å². The van der Waals surface area contributed by atoms with Gasteiger partial charge >= 0.3 is 0 Å². The minimum atomic E-state index is -3.66. The van der Waals surface area contributed by atoms with E-state index < -0.39 is 10.0 Å². The van der Waals surface area contributed by atoms with Gasteiger partial charge in [0.2, 0.25) is 10.0 Å². The summed E-state index contributed by atoms with van der Waals surface area (Å²) in [4.78, 5) is 4.57. The van der Waals surface area contributed by atoms with Gasteiger partial charge in [-0.3, -0.25) is 4.98 Å².